The van der Waals surface area contributed by atoms with Crippen molar-refractivity contribution in [1.82, 2.24) is 5.32 Å². The Kier molecular flexibility index (Phi) is 4.65. The lowest BCUT2D eigenvalue weighted by atomic mass is 9.64. The van der Waals surface area contributed by atoms with E-state index in [-0.39, 0.29) is 11.3 Å². The first-order valence-corrected chi connectivity index (χ1v) is 8.35. The van der Waals surface area contributed by atoms with Crippen molar-refractivity contribution < 1.29 is 4.79 Å². The number of benzene rings is 2. The van der Waals surface area contributed by atoms with Crippen molar-refractivity contribution in [3.05, 3.63) is 65.7 Å². The molecule has 1 amide bonds. The quantitative estimate of drug-likeness (QED) is 0.804. The molecule has 0 saturated heterocycles. The monoisotopic (exact) mass is 308 g/mol. The first-order valence-electron chi connectivity index (χ1n) is 8.35. The molecular weight excluding hydrogens is 284 g/mol. The number of carbonyl (C=O) groups excluding carboxylic acids is 1. The van der Waals surface area contributed by atoms with Gasteiger partial charge in [-0.1, -0.05) is 48.9 Å². The molecule has 23 heavy (non-hydrogen) atoms. The van der Waals surface area contributed by atoms with Crippen molar-refractivity contribution in [2.45, 2.75) is 32.1 Å². The van der Waals surface area contributed by atoms with Crippen LogP contribution in [-0.2, 0) is 17.6 Å². The van der Waals surface area contributed by atoms with Crippen LogP contribution in [0.25, 0.3) is 0 Å². The maximum atomic E-state index is 12.7. The zero-order valence-corrected chi connectivity index (χ0v) is 13.4. The number of nitrogens with one attached hydrogen (secondary N) is 1. The molecule has 2 aromatic rings. The van der Waals surface area contributed by atoms with Crippen LogP contribution in [0.2, 0.25) is 0 Å². The first kappa shape index (κ1) is 15.6. The van der Waals surface area contributed by atoms with Gasteiger partial charge in [-0.3, -0.25) is 4.79 Å². The van der Waals surface area contributed by atoms with Gasteiger partial charge in [-0.25, -0.2) is 0 Å². The van der Waals surface area contributed by atoms with Crippen molar-refractivity contribution in [2.24, 2.45) is 5.41 Å². The molecule has 0 heterocycles. The lowest BCUT2D eigenvalue weighted by Gasteiger charge is -2.40. The van der Waals surface area contributed by atoms with Gasteiger partial charge in [0.1, 0.15) is 0 Å². The van der Waals surface area contributed by atoms with Gasteiger partial charge in [0.2, 0.25) is 5.91 Å². The molecule has 120 valence electrons. The van der Waals surface area contributed by atoms with Crippen LogP contribution in [0.4, 0.5) is 5.69 Å². The maximum absolute atomic E-state index is 12.7. The molecule has 0 atom stereocenters. The topological polar surface area (TPSA) is 55.1 Å². The zero-order valence-electron chi connectivity index (χ0n) is 13.4. The fourth-order valence-electron chi connectivity index (χ4n) is 3.27. The minimum Gasteiger partial charge on any atom is -0.399 e. The van der Waals surface area contributed by atoms with Crippen molar-refractivity contribution in [3.63, 3.8) is 0 Å². The van der Waals surface area contributed by atoms with E-state index in [1.807, 2.05) is 42.5 Å². The van der Waals surface area contributed by atoms with E-state index in [2.05, 4.69) is 17.4 Å². The van der Waals surface area contributed by atoms with Crippen molar-refractivity contribution in [1.29, 1.82) is 0 Å². The predicted molar refractivity (Wildman–Crippen MR) is 94.0 cm³/mol. The van der Waals surface area contributed by atoms with E-state index in [4.69, 9.17) is 5.73 Å². The average Bonchev–Trinajstić information content (AvgIpc) is 2.53. The molecule has 0 aromatic heterocycles. The molecule has 1 saturated carbocycles. The second-order valence-electron chi connectivity index (χ2n) is 6.54. The normalized spacial score (nSPS) is 15.7. The summed E-state index contributed by atoms with van der Waals surface area (Å²) < 4.78 is 0. The van der Waals surface area contributed by atoms with Crippen molar-refractivity contribution in [3.8, 4) is 0 Å². The van der Waals surface area contributed by atoms with E-state index in [0.29, 0.717) is 6.54 Å². The van der Waals surface area contributed by atoms with Gasteiger partial charge in [-0.2, -0.15) is 0 Å². The van der Waals surface area contributed by atoms with Gasteiger partial charge in [0, 0.05) is 12.2 Å². The van der Waals surface area contributed by atoms with Crippen LogP contribution in [0.5, 0.6) is 0 Å². The van der Waals surface area contributed by atoms with Crippen LogP contribution >= 0.6 is 0 Å². The van der Waals surface area contributed by atoms with E-state index in [1.54, 1.807) is 0 Å². The predicted octanol–water partition coefficient (Wildman–Crippen LogP) is 3.34. The fraction of sp³-hybridized carbons (Fsp3) is 0.350. The largest absolute Gasteiger partial charge is 0.399 e. The van der Waals surface area contributed by atoms with Crippen LogP contribution in [-0.4, -0.2) is 12.5 Å². The van der Waals surface area contributed by atoms with Gasteiger partial charge < -0.3 is 11.1 Å². The highest BCUT2D eigenvalue weighted by Crippen LogP contribution is 2.43. The van der Waals surface area contributed by atoms with Gasteiger partial charge >= 0.3 is 0 Å². The lowest BCUT2D eigenvalue weighted by Crippen LogP contribution is -2.47. The van der Waals surface area contributed by atoms with Crippen LogP contribution in [0.1, 0.15) is 30.4 Å². The van der Waals surface area contributed by atoms with Crippen LogP contribution < -0.4 is 11.1 Å². The molecular formula is C20H24N2O. The summed E-state index contributed by atoms with van der Waals surface area (Å²) in [6, 6.07) is 18.2. The molecule has 3 N–H and O–H groups in total. The summed E-state index contributed by atoms with van der Waals surface area (Å²) in [6.45, 7) is 0.680. The Morgan fingerprint density at radius 1 is 1.00 bits per heavy atom. The summed E-state index contributed by atoms with van der Waals surface area (Å²) in [7, 11) is 0. The molecule has 0 aliphatic heterocycles. The standard InChI is InChI=1S/C20H24N2O/c21-18-9-7-16(8-10-18)11-14-22-19(23)20(12-4-13-20)15-17-5-2-1-3-6-17/h1-3,5-10H,4,11-15,21H2,(H,22,23). The molecule has 3 nitrogen and oxygen atoms in total. The number of rotatable bonds is 6. The van der Waals surface area contributed by atoms with Crippen molar-refractivity contribution in [2.75, 3.05) is 12.3 Å². The zero-order chi connectivity index (χ0) is 16.1. The number of hydrogen-bond donors (Lipinski definition) is 2. The Morgan fingerprint density at radius 2 is 1.70 bits per heavy atom. The third kappa shape index (κ3) is 3.73. The third-order valence-corrected chi connectivity index (χ3v) is 4.86. The Morgan fingerprint density at radius 3 is 2.30 bits per heavy atom. The minimum absolute atomic E-state index is 0.192. The highest BCUT2D eigenvalue weighted by molar-refractivity contribution is 5.83. The maximum Gasteiger partial charge on any atom is 0.226 e. The molecule has 0 bridgehead atoms. The number of carbonyl (C=O) groups is 1. The third-order valence-electron chi connectivity index (χ3n) is 4.86. The minimum atomic E-state index is -0.192. The molecule has 1 aliphatic carbocycles. The summed E-state index contributed by atoms with van der Waals surface area (Å²) in [5.41, 5.74) is 8.72. The van der Waals surface area contributed by atoms with Gasteiger partial charge in [-0.05, 0) is 48.9 Å². The Bertz CT molecular complexity index is 645. The van der Waals surface area contributed by atoms with Gasteiger partial charge in [-0.15, -0.1) is 0 Å². The van der Waals surface area contributed by atoms with Gasteiger partial charge in [0.05, 0.1) is 5.41 Å². The van der Waals surface area contributed by atoms with Gasteiger partial charge in [0.25, 0.3) is 0 Å². The van der Waals surface area contributed by atoms with E-state index < -0.39 is 0 Å². The highest BCUT2D eigenvalue weighted by atomic mass is 16.2. The Labute approximate surface area is 137 Å². The summed E-state index contributed by atoms with van der Waals surface area (Å²) in [6.07, 6.45) is 4.83. The van der Waals surface area contributed by atoms with Crippen LogP contribution in [0, 0.1) is 5.41 Å². The highest BCUT2D eigenvalue weighted by Gasteiger charge is 2.43. The Balaban J connectivity index is 1.54. The molecule has 3 heteroatoms. The number of amides is 1. The number of nitrogen functional groups attached to an aromatic ring is 1. The van der Waals surface area contributed by atoms with Gasteiger partial charge in [0.15, 0.2) is 0 Å². The SMILES string of the molecule is Nc1ccc(CCNC(=O)C2(Cc3ccccc3)CCC2)cc1. The molecule has 0 unspecified atom stereocenters. The Hall–Kier alpha value is -2.29. The molecule has 1 fully saturated rings. The number of hydrogen-bond acceptors (Lipinski definition) is 2. The first-order chi connectivity index (χ1) is 11.2. The van der Waals surface area contributed by atoms with Crippen LogP contribution in [0.3, 0.4) is 0 Å². The van der Waals surface area contributed by atoms with E-state index in [9.17, 15) is 4.79 Å². The summed E-state index contributed by atoms with van der Waals surface area (Å²) in [5.74, 6) is 0.211. The molecule has 3 rings (SSSR count). The number of anilines is 1. The fourth-order valence-corrected chi connectivity index (χ4v) is 3.27. The van der Waals surface area contributed by atoms with E-state index in [1.165, 1.54) is 11.1 Å². The molecule has 2 aromatic carbocycles. The average molecular weight is 308 g/mol. The smallest absolute Gasteiger partial charge is 0.226 e. The molecule has 0 spiro atoms. The van der Waals surface area contributed by atoms with Crippen LogP contribution in [0.15, 0.2) is 54.6 Å². The van der Waals surface area contributed by atoms with E-state index >= 15 is 0 Å². The number of nitrogens with two attached hydrogens (primary N) is 1. The van der Waals surface area contributed by atoms with Crippen molar-refractivity contribution >= 4 is 11.6 Å². The molecule has 1 aliphatic rings. The lowest BCUT2D eigenvalue weighted by molar-refractivity contribution is -0.135. The second-order valence-corrected chi connectivity index (χ2v) is 6.54. The van der Waals surface area contributed by atoms with E-state index in [0.717, 1.165) is 37.8 Å². The summed E-state index contributed by atoms with van der Waals surface area (Å²) >= 11 is 0. The second kappa shape index (κ2) is 6.86. The summed E-state index contributed by atoms with van der Waals surface area (Å²) in [4.78, 5) is 12.7. The summed E-state index contributed by atoms with van der Waals surface area (Å²) in [5, 5.41) is 3.14. The molecule has 0 radical (unpaired) electrons.